The van der Waals surface area contributed by atoms with Crippen molar-refractivity contribution in [2.24, 2.45) is 0 Å². The lowest BCUT2D eigenvalue weighted by molar-refractivity contribution is 0.256. The number of sulfonamides is 1. The van der Waals surface area contributed by atoms with Gasteiger partial charge in [-0.25, -0.2) is 17.9 Å². The largest absolute Gasteiger partial charge is 0.332 e. The zero-order valence-corrected chi connectivity index (χ0v) is 17.4. The number of unbranched alkanes of at least 4 members (excludes halogenated alkanes) is 3. The van der Waals surface area contributed by atoms with Gasteiger partial charge in [0.15, 0.2) is 0 Å². The van der Waals surface area contributed by atoms with Crippen molar-refractivity contribution in [1.82, 2.24) is 4.72 Å². The number of amides is 2. The maximum atomic E-state index is 12.5. The van der Waals surface area contributed by atoms with Crippen LogP contribution in [0.2, 0.25) is 0 Å². The fourth-order valence-corrected chi connectivity index (χ4v) is 5.34. The van der Waals surface area contributed by atoms with E-state index in [0.717, 1.165) is 69.9 Å². The third-order valence-electron chi connectivity index (χ3n) is 5.94. The minimum atomic E-state index is -3.66. The molecule has 0 saturated carbocycles. The summed E-state index contributed by atoms with van der Waals surface area (Å²) in [6, 6.07) is 1.67. The Bertz CT molecular complexity index is 770. The topological polar surface area (TPSA) is 75.3 Å². The Morgan fingerprint density at radius 3 is 2.26 bits per heavy atom. The van der Waals surface area contributed by atoms with E-state index in [1.165, 1.54) is 22.3 Å². The molecule has 2 aliphatic rings. The SMILES string of the molecule is CCCCCCC(C)S(=O)(=O)NC(=O)Nc1c2c(cc3c1CCC3)CCC2. The molecular formula is C21H32N2O3S. The maximum Gasteiger partial charge on any atom is 0.332 e. The molecule has 0 aliphatic heterocycles. The number of rotatable bonds is 8. The molecule has 0 spiro atoms. The molecule has 0 aromatic heterocycles. The number of hydrogen-bond donors (Lipinski definition) is 2. The van der Waals surface area contributed by atoms with Gasteiger partial charge in [0, 0.05) is 5.69 Å². The molecule has 1 aromatic carbocycles. The Labute approximate surface area is 163 Å². The number of benzene rings is 1. The fourth-order valence-electron chi connectivity index (χ4n) is 4.35. The Kier molecular flexibility index (Phi) is 6.45. The molecule has 6 heteroatoms. The summed E-state index contributed by atoms with van der Waals surface area (Å²) < 4.78 is 27.2. The summed E-state index contributed by atoms with van der Waals surface area (Å²) in [6.07, 6.45) is 10.9. The van der Waals surface area contributed by atoms with Crippen LogP contribution in [-0.2, 0) is 35.7 Å². The Hall–Kier alpha value is -1.56. The first-order valence-corrected chi connectivity index (χ1v) is 12.0. The van der Waals surface area contributed by atoms with Crippen LogP contribution in [-0.4, -0.2) is 19.7 Å². The van der Waals surface area contributed by atoms with Crippen LogP contribution in [0.5, 0.6) is 0 Å². The molecule has 2 aliphatic carbocycles. The highest BCUT2D eigenvalue weighted by atomic mass is 32.2. The van der Waals surface area contributed by atoms with Crippen molar-refractivity contribution >= 4 is 21.7 Å². The van der Waals surface area contributed by atoms with Gasteiger partial charge in [0.25, 0.3) is 0 Å². The third-order valence-corrected chi connectivity index (χ3v) is 7.71. The van der Waals surface area contributed by atoms with E-state index in [4.69, 9.17) is 0 Å². The smallest absolute Gasteiger partial charge is 0.307 e. The lowest BCUT2D eigenvalue weighted by Gasteiger charge is -2.18. The molecule has 2 N–H and O–H groups in total. The number of hydrogen-bond acceptors (Lipinski definition) is 3. The monoisotopic (exact) mass is 392 g/mol. The molecule has 1 aromatic rings. The van der Waals surface area contributed by atoms with Gasteiger partial charge in [-0.1, -0.05) is 38.7 Å². The number of urea groups is 1. The molecule has 150 valence electrons. The molecular weight excluding hydrogens is 360 g/mol. The number of nitrogens with one attached hydrogen (secondary N) is 2. The van der Waals surface area contributed by atoms with Gasteiger partial charge in [-0.2, -0.15) is 0 Å². The lowest BCUT2D eigenvalue weighted by atomic mass is 9.99. The third kappa shape index (κ3) is 4.65. The molecule has 3 rings (SSSR count). The fraction of sp³-hybridized carbons (Fsp3) is 0.667. The Morgan fingerprint density at radius 2 is 1.67 bits per heavy atom. The Morgan fingerprint density at radius 1 is 1.04 bits per heavy atom. The van der Waals surface area contributed by atoms with Crippen molar-refractivity contribution in [2.75, 3.05) is 5.32 Å². The average molecular weight is 393 g/mol. The predicted molar refractivity (Wildman–Crippen MR) is 110 cm³/mol. The standard InChI is InChI=1S/C21H32N2O3S/c1-3-4-5-6-9-15(2)27(25,26)23-21(24)22-20-18-12-7-10-16(18)14-17-11-8-13-19(17)20/h14-15H,3-13H2,1-2H3,(H2,22,23,24). The van der Waals surface area contributed by atoms with Crippen LogP contribution < -0.4 is 10.0 Å². The Balaban J connectivity index is 1.66. The highest BCUT2D eigenvalue weighted by Gasteiger charge is 2.27. The normalized spacial score (nSPS) is 16.7. The maximum absolute atomic E-state index is 12.5. The van der Waals surface area contributed by atoms with E-state index in [1.54, 1.807) is 6.92 Å². The van der Waals surface area contributed by atoms with Crippen molar-refractivity contribution in [2.45, 2.75) is 89.7 Å². The molecule has 0 radical (unpaired) electrons. The van der Waals surface area contributed by atoms with E-state index in [1.807, 2.05) is 0 Å². The van der Waals surface area contributed by atoms with E-state index in [9.17, 15) is 13.2 Å². The first-order chi connectivity index (χ1) is 12.9. The minimum absolute atomic E-state index is 0.563. The summed E-state index contributed by atoms with van der Waals surface area (Å²) in [7, 11) is -3.66. The van der Waals surface area contributed by atoms with Crippen molar-refractivity contribution in [1.29, 1.82) is 0 Å². The van der Waals surface area contributed by atoms with Gasteiger partial charge in [-0.3, -0.25) is 0 Å². The molecule has 27 heavy (non-hydrogen) atoms. The summed E-state index contributed by atoms with van der Waals surface area (Å²) in [4.78, 5) is 12.5. The van der Waals surface area contributed by atoms with Gasteiger partial charge in [0.2, 0.25) is 10.0 Å². The summed E-state index contributed by atoms with van der Waals surface area (Å²) >= 11 is 0. The second-order valence-corrected chi connectivity index (χ2v) is 10.1. The molecule has 2 amide bonds. The van der Waals surface area contributed by atoms with E-state index < -0.39 is 21.3 Å². The number of carbonyl (C=O) groups excluding carboxylic acids is 1. The first-order valence-electron chi connectivity index (χ1n) is 10.4. The van der Waals surface area contributed by atoms with Gasteiger partial charge in [0.1, 0.15) is 0 Å². The van der Waals surface area contributed by atoms with Gasteiger partial charge in [-0.05, 0) is 74.1 Å². The minimum Gasteiger partial charge on any atom is -0.307 e. The highest BCUT2D eigenvalue weighted by molar-refractivity contribution is 7.90. The van der Waals surface area contributed by atoms with E-state index in [2.05, 4.69) is 23.0 Å². The second-order valence-electron chi connectivity index (χ2n) is 8.00. The number of fused-ring (bicyclic) bond motifs is 2. The summed E-state index contributed by atoms with van der Waals surface area (Å²) in [6.45, 7) is 3.81. The number of carbonyl (C=O) groups is 1. The average Bonchev–Trinajstić information content (AvgIpc) is 3.26. The quantitative estimate of drug-likeness (QED) is 0.641. The molecule has 1 atom stereocenters. The summed E-state index contributed by atoms with van der Waals surface area (Å²) in [5, 5.41) is 2.34. The van der Waals surface area contributed by atoms with Crippen LogP contribution in [0.25, 0.3) is 0 Å². The van der Waals surface area contributed by atoms with E-state index in [-0.39, 0.29) is 0 Å². The zero-order chi connectivity index (χ0) is 19.4. The van der Waals surface area contributed by atoms with Crippen molar-refractivity contribution in [3.63, 3.8) is 0 Å². The molecule has 1 unspecified atom stereocenters. The van der Waals surface area contributed by atoms with Crippen LogP contribution in [0, 0.1) is 0 Å². The lowest BCUT2D eigenvalue weighted by Crippen LogP contribution is -2.40. The van der Waals surface area contributed by atoms with Gasteiger partial charge >= 0.3 is 6.03 Å². The summed E-state index contributed by atoms with van der Waals surface area (Å²) in [5.74, 6) is 0. The highest BCUT2D eigenvalue weighted by Crippen LogP contribution is 2.38. The molecule has 0 bridgehead atoms. The van der Waals surface area contributed by atoms with Crippen molar-refractivity contribution in [3.8, 4) is 0 Å². The zero-order valence-electron chi connectivity index (χ0n) is 16.6. The first kappa shape index (κ1) is 20.2. The second kappa shape index (κ2) is 8.63. The van der Waals surface area contributed by atoms with Crippen molar-refractivity contribution < 1.29 is 13.2 Å². The van der Waals surface area contributed by atoms with Gasteiger partial charge in [0.05, 0.1) is 5.25 Å². The molecule has 0 heterocycles. The predicted octanol–water partition coefficient (Wildman–Crippen LogP) is 4.47. The van der Waals surface area contributed by atoms with E-state index in [0.29, 0.717) is 6.42 Å². The van der Waals surface area contributed by atoms with Gasteiger partial charge < -0.3 is 5.32 Å². The van der Waals surface area contributed by atoms with Gasteiger partial charge in [-0.15, -0.1) is 0 Å². The van der Waals surface area contributed by atoms with Crippen LogP contribution in [0.1, 0.15) is 81.0 Å². The summed E-state index contributed by atoms with van der Waals surface area (Å²) in [5.41, 5.74) is 5.92. The molecule has 5 nitrogen and oxygen atoms in total. The molecule has 0 fully saturated rings. The number of anilines is 1. The number of aryl methyl sites for hydroxylation is 2. The van der Waals surface area contributed by atoms with Crippen LogP contribution in [0.4, 0.5) is 10.5 Å². The van der Waals surface area contributed by atoms with Crippen LogP contribution in [0.15, 0.2) is 6.07 Å². The molecule has 0 saturated heterocycles. The van der Waals surface area contributed by atoms with Crippen molar-refractivity contribution in [3.05, 3.63) is 28.3 Å². The van der Waals surface area contributed by atoms with E-state index >= 15 is 0 Å². The van der Waals surface area contributed by atoms with Crippen LogP contribution in [0.3, 0.4) is 0 Å². The van der Waals surface area contributed by atoms with Crippen LogP contribution >= 0.6 is 0 Å².